The highest BCUT2D eigenvalue weighted by molar-refractivity contribution is 6.35. The Morgan fingerprint density at radius 2 is 1.86 bits per heavy atom. The first-order valence-corrected chi connectivity index (χ1v) is 7.23. The van der Waals surface area contributed by atoms with Gasteiger partial charge in [0.15, 0.2) is 0 Å². The van der Waals surface area contributed by atoms with Gasteiger partial charge < -0.3 is 10.4 Å². The SMILES string of the molecule is O=C(Cc1ccc(Cl)cc1Cl)NCc1cccc(CO)c1. The Morgan fingerprint density at radius 1 is 1.10 bits per heavy atom. The van der Waals surface area contributed by atoms with E-state index in [1.165, 1.54) is 0 Å². The number of benzene rings is 2. The summed E-state index contributed by atoms with van der Waals surface area (Å²) >= 11 is 11.9. The molecule has 1 amide bonds. The molecule has 0 spiro atoms. The highest BCUT2D eigenvalue weighted by atomic mass is 35.5. The van der Waals surface area contributed by atoms with Crippen LogP contribution < -0.4 is 5.32 Å². The molecule has 3 nitrogen and oxygen atoms in total. The lowest BCUT2D eigenvalue weighted by Gasteiger charge is -2.08. The second-order valence-electron chi connectivity index (χ2n) is 4.67. The van der Waals surface area contributed by atoms with Crippen LogP contribution in [0.15, 0.2) is 42.5 Å². The molecule has 0 fully saturated rings. The summed E-state index contributed by atoms with van der Waals surface area (Å²) in [6.45, 7) is 0.403. The van der Waals surface area contributed by atoms with E-state index in [1.54, 1.807) is 18.2 Å². The lowest BCUT2D eigenvalue weighted by Crippen LogP contribution is -2.24. The third-order valence-electron chi connectivity index (χ3n) is 3.03. The summed E-state index contributed by atoms with van der Waals surface area (Å²) in [4.78, 5) is 11.9. The fraction of sp³-hybridized carbons (Fsp3) is 0.188. The minimum atomic E-state index is -0.117. The maximum Gasteiger partial charge on any atom is 0.224 e. The Morgan fingerprint density at radius 3 is 2.57 bits per heavy atom. The van der Waals surface area contributed by atoms with Crippen molar-refractivity contribution in [1.82, 2.24) is 5.32 Å². The van der Waals surface area contributed by atoms with E-state index in [0.717, 1.165) is 16.7 Å². The number of carbonyl (C=O) groups is 1. The average molecular weight is 324 g/mol. The third kappa shape index (κ3) is 4.74. The number of halogens is 2. The molecule has 2 aromatic carbocycles. The molecular formula is C16H15Cl2NO2. The first-order chi connectivity index (χ1) is 10.1. The monoisotopic (exact) mass is 323 g/mol. The Kier molecular flexibility index (Phi) is 5.62. The zero-order chi connectivity index (χ0) is 15.2. The van der Waals surface area contributed by atoms with Gasteiger partial charge >= 0.3 is 0 Å². The van der Waals surface area contributed by atoms with Crippen molar-refractivity contribution in [2.75, 3.05) is 0 Å². The predicted molar refractivity (Wildman–Crippen MR) is 84.4 cm³/mol. The lowest BCUT2D eigenvalue weighted by molar-refractivity contribution is -0.120. The molecule has 0 aliphatic carbocycles. The van der Waals surface area contributed by atoms with Gasteiger partial charge in [0.1, 0.15) is 0 Å². The molecule has 0 aliphatic heterocycles. The zero-order valence-corrected chi connectivity index (χ0v) is 12.8. The van der Waals surface area contributed by atoms with E-state index in [-0.39, 0.29) is 18.9 Å². The van der Waals surface area contributed by atoms with Crippen molar-refractivity contribution < 1.29 is 9.90 Å². The van der Waals surface area contributed by atoms with Gasteiger partial charge in [0, 0.05) is 16.6 Å². The molecule has 2 N–H and O–H groups in total. The molecule has 0 saturated heterocycles. The summed E-state index contributed by atoms with van der Waals surface area (Å²) in [6, 6.07) is 12.5. The number of rotatable bonds is 5. The van der Waals surface area contributed by atoms with Crippen LogP contribution in [-0.4, -0.2) is 11.0 Å². The summed E-state index contributed by atoms with van der Waals surface area (Å²) in [5, 5.41) is 12.9. The molecule has 0 atom stereocenters. The number of nitrogens with one attached hydrogen (secondary N) is 1. The van der Waals surface area contributed by atoms with E-state index < -0.39 is 0 Å². The van der Waals surface area contributed by atoms with E-state index >= 15 is 0 Å². The number of aliphatic hydroxyl groups excluding tert-OH is 1. The summed E-state index contributed by atoms with van der Waals surface area (Å²) < 4.78 is 0. The van der Waals surface area contributed by atoms with E-state index in [1.807, 2.05) is 24.3 Å². The van der Waals surface area contributed by atoms with Crippen LogP contribution >= 0.6 is 23.2 Å². The zero-order valence-electron chi connectivity index (χ0n) is 11.3. The Balaban J connectivity index is 1.92. The first kappa shape index (κ1) is 15.8. The predicted octanol–water partition coefficient (Wildman–Crippen LogP) is 3.34. The van der Waals surface area contributed by atoms with E-state index in [0.29, 0.717) is 16.6 Å². The van der Waals surface area contributed by atoms with Gasteiger partial charge in [-0.1, -0.05) is 53.5 Å². The topological polar surface area (TPSA) is 49.3 Å². The summed E-state index contributed by atoms with van der Waals surface area (Å²) in [5.41, 5.74) is 2.50. The number of hydrogen-bond donors (Lipinski definition) is 2. The third-order valence-corrected chi connectivity index (χ3v) is 3.62. The Hall–Kier alpha value is -1.55. The van der Waals surface area contributed by atoms with E-state index in [4.69, 9.17) is 28.3 Å². The minimum absolute atomic E-state index is 0.0117. The highest BCUT2D eigenvalue weighted by Crippen LogP contribution is 2.21. The van der Waals surface area contributed by atoms with Crippen molar-refractivity contribution in [3.63, 3.8) is 0 Å². The Labute approximate surface area is 133 Å². The normalized spacial score (nSPS) is 10.4. The van der Waals surface area contributed by atoms with Crippen molar-refractivity contribution in [1.29, 1.82) is 0 Å². The largest absolute Gasteiger partial charge is 0.392 e. The standard InChI is InChI=1S/C16H15Cl2NO2/c17-14-5-4-13(15(18)8-14)7-16(21)19-9-11-2-1-3-12(6-11)10-20/h1-6,8,20H,7,9-10H2,(H,19,21). The van der Waals surface area contributed by atoms with Crippen molar-refractivity contribution in [3.8, 4) is 0 Å². The molecular weight excluding hydrogens is 309 g/mol. The van der Waals surface area contributed by atoms with Crippen molar-refractivity contribution in [3.05, 3.63) is 69.2 Å². The van der Waals surface area contributed by atoms with E-state index in [9.17, 15) is 4.79 Å². The lowest BCUT2D eigenvalue weighted by atomic mass is 10.1. The molecule has 0 aromatic heterocycles. The first-order valence-electron chi connectivity index (χ1n) is 6.48. The molecule has 0 saturated carbocycles. The highest BCUT2D eigenvalue weighted by Gasteiger charge is 2.07. The van der Waals surface area contributed by atoms with Gasteiger partial charge in [0.2, 0.25) is 5.91 Å². The molecule has 2 rings (SSSR count). The van der Waals surface area contributed by atoms with E-state index in [2.05, 4.69) is 5.32 Å². The quantitative estimate of drug-likeness (QED) is 0.886. The van der Waals surface area contributed by atoms with Crippen molar-refractivity contribution in [2.24, 2.45) is 0 Å². The number of carbonyl (C=O) groups excluding carboxylic acids is 1. The molecule has 0 bridgehead atoms. The average Bonchev–Trinajstić information content (AvgIpc) is 2.48. The molecule has 21 heavy (non-hydrogen) atoms. The smallest absolute Gasteiger partial charge is 0.224 e. The Bertz CT molecular complexity index is 644. The molecule has 2 aromatic rings. The summed E-state index contributed by atoms with van der Waals surface area (Å²) in [7, 11) is 0. The van der Waals surface area contributed by atoms with Gasteiger partial charge in [-0.05, 0) is 28.8 Å². The minimum Gasteiger partial charge on any atom is -0.392 e. The maximum absolute atomic E-state index is 11.9. The van der Waals surface area contributed by atoms with Crippen LogP contribution in [0.2, 0.25) is 10.0 Å². The maximum atomic E-state index is 11.9. The van der Waals surface area contributed by atoms with Crippen LogP contribution in [0.5, 0.6) is 0 Å². The fourth-order valence-electron chi connectivity index (χ4n) is 1.94. The number of hydrogen-bond acceptors (Lipinski definition) is 2. The van der Waals surface area contributed by atoms with Crippen molar-refractivity contribution in [2.45, 2.75) is 19.6 Å². The van der Waals surface area contributed by atoms with Gasteiger partial charge in [-0.15, -0.1) is 0 Å². The second-order valence-corrected chi connectivity index (χ2v) is 5.51. The van der Waals surface area contributed by atoms with Crippen LogP contribution in [0.4, 0.5) is 0 Å². The van der Waals surface area contributed by atoms with Crippen LogP contribution in [0.3, 0.4) is 0 Å². The van der Waals surface area contributed by atoms with Gasteiger partial charge in [-0.2, -0.15) is 0 Å². The van der Waals surface area contributed by atoms with Crippen molar-refractivity contribution >= 4 is 29.1 Å². The van der Waals surface area contributed by atoms with Gasteiger partial charge in [-0.25, -0.2) is 0 Å². The van der Waals surface area contributed by atoms with Gasteiger partial charge in [0.05, 0.1) is 13.0 Å². The van der Waals surface area contributed by atoms with Gasteiger partial charge in [0.25, 0.3) is 0 Å². The molecule has 0 aliphatic rings. The molecule has 0 heterocycles. The number of aliphatic hydroxyl groups is 1. The molecule has 0 radical (unpaired) electrons. The molecule has 5 heteroatoms. The van der Waals surface area contributed by atoms with Crippen LogP contribution in [0.1, 0.15) is 16.7 Å². The second kappa shape index (κ2) is 7.46. The van der Waals surface area contributed by atoms with Crippen LogP contribution in [0.25, 0.3) is 0 Å². The fourth-order valence-corrected chi connectivity index (χ4v) is 2.41. The molecule has 110 valence electrons. The summed E-state index contributed by atoms with van der Waals surface area (Å²) in [6.07, 6.45) is 0.204. The number of amides is 1. The van der Waals surface area contributed by atoms with Crippen LogP contribution in [0, 0.1) is 0 Å². The summed E-state index contributed by atoms with van der Waals surface area (Å²) in [5.74, 6) is -0.117. The van der Waals surface area contributed by atoms with Gasteiger partial charge in [-0.3, -0.25) is 4.79 Å². The molecule has 0 unspecified atom stereocenters. The van der Waals surface area contributed by atoms with Crippen LogP contribution in [-0.2, 0) is 24.4 Å².